The van der Waals surface area contributed by atoms with Crippen molar-refractivity contribution < 1.29 is 28.2 Å². The van der Waals surface area contributed by atoms with Crippen molar-refractivity contribution >= 4 is 22.6 Å². The highest BCUT2D eigenvalue weighted by atomic mass is 19.1. The molecule has 1 aromatic carbocycles. The van der Waals surface area contributed by atoms with E-state index in [1.54, 1.807) is 12.1 Å². The third-order valence-electron chi connectivity index (χ3n) is 6.61. The number of piperidine rings is 1. The van der Waals surface area contributed by atoms with Gasteiger partial charge in [0.05, 0.1) is 25.1 Å². The molecule has 5 rings (SSSR count). The van der Waals surface area contributed by atoms with E-state index in [-0.39, 0.29) is 24.1 Å². The molecule has 3 aromatic rings. The van der Waals surface area contributed by atoms with Crippen LogP contribution in [0.25, 0.3) is 10.9 Å². The molecule has 4 heterocycles. The maximum Gasteiger partial charge on any atom is 0.263 e. The van der Waals surface area contributed by atoms with Gasteiger partial charge >= 0.3 is 0 Å². The Balaban J connectivity index is 1.18. The van der Waals surface area contributed by atoms with Gasteiger partial charge in [0.15, 0.2) is 24.0 Å². The molecular formula is C25H27F2N5O4. The number of benzene rings is 1. The summed E-state index contributed by atoms with van der Waals surface area (Å²) in [5.41, 5.74) is 1.20. The lowest BCUT2D eigenvalue weighted by molar-refractivity contribution is -0.118. The minimum Gasteiger partial charge on any atom is -0.497 e. The molecule has 1 fully saturated rings. The fraction of sp³-hybridized carbons (Fsp3) is 0.400. The van der Waals surface area contributed by atoms with Gasteiger partial charge in [0.2, 0.25) is 0 Å². The van der Waals surface area contributed by atoms with Crippen molar-refractivity contribution in [2.45, 2.75) is 31.5 Å². The van der Waals surface area contributed by atoms with Gasteiger partial charge in [-0.05, 0) is 37.6 Å². The molecule has 9 nitrogen and oxygen atoms in total. The number of aliphatic hydroxyl groups excluding tert-OH is 1. The number of carbonyl (C=O) groups excluding carboxylic acids is 1. The number of nitrogens with zero attached hydrogens (tertiary/aromatic N) is 3. The Hall–Kier alpha value is -3.41. The summed E-state index contributed by atoms with van der Waals surface area (Å²) < 4.78 is 39.5. The molecule has 0 bridgehead atoms. The maximum absolute atomic E-state index is 14.6. The van der Waals surface area contributed by atoms with Crippen molar-refractivity contribution in [2.24, 2.45) is 0 Å². The molecule has 1 amide bonds. The molecule has 0 spiro atoms. The standard InChI is InChI=1S/C25H27F2N5O4/c1-35-15-8-17-16(19(27)11-29-24(17)18(26)9-15)4-6-32-7-5-20(21(33)12-32)28-10-14-2-3-22-25(30-14)31-23(34)13-36-22/h2-3,8-9,11,20-21,28,33H,4-7,10,12-13H2,1H3,(H,30,31,34)/t20-,21+/m0/s1. The normalized spacial score (nSPS) is 20.1. The lowest BCUT2D eigenvalue weighted by Gasteiger charge is -2.36. The fourth-order valence-corrected chi connectivity index (χ4v) is 4.68. The van der Waals surface area contributed by atoms with E-state index < -0.39 is 17.7 Å². The van der Waals surface area contributed by atoms with Gasteiger partial charge in [-0.2, -0.15) is 0 Å². The number of pyridine rings is 2. The average molecular weight is 500 g/mol. The van der Waals surface area contributed by atoms with E-state index >= 15 is 0 Å². The zero-order chi connectivity index (χ0) is 25.2. The van der Waals surface area contributed by atoms with E-state index in [9.17, 15) is 18.7 Å². The zero-order valence-corrected chi connectivity index (χ0v) is 19.8. The number of aromatic nitrogens is 2. The molecule has 0 aliphatic carbocycles. The van der Waals surface area contributed by atoms with Crippen molar-refractivity contribution in [3.8, 4) is 11.5 Å². The summed E-state index contributed by atoms with van der Waals surface area (Å²) in [6, 6.07) is 6.27. The predicted molar refractivity (Wildman–Crippen MR) is 128 cm³/mol. The molecule has 2 aliphatic heterocycles. The monoisotopic (exact) mass is 499 g/mol. The Morgan fingerprint density at radius 3 is 2.97 bits per heavy atom. The first-order chi connectivity index (χ1) is 17.4. The van der Waals surface area contributed by atoms with Crippen LogP contribution in [0.3, 0.4) is 0 Å². The predicted octanol–water partition coefficient (Wildman–Crippen LogP) is 2.01. The summed E-state index contributed by atoms with van der Waals surface area (Å²) >= 11 is 0. The van der Waals surface area contributed by atoms with Gasteiger partial charge in [0, 0.05) is 42.7 Å². The van der Waals surface area contributed by atoms with Crippen LogP contribution >= 0.6 is 0 Å². The van der Waals surface area contributed by atoms with Crippen molar-refractivity contribution in [1.82, 2.24) is 20.2 Å². The Kier molecular flexibility index (Phi) is 6.95. The van der Waals surface area contributed by atoms with Crippen molar-refractivity contribution in [1.29, 1.82) is 0 Å². The lowest BCUT2D eigenvalue weighted by Crippen LogP contribution is -2.52. The number of halogens is 2. The van der Waals surface area contributed by atoms with Gasteiger partial charge in [-0.15, -0.1) is 0 Å². The number of fused-ring (bicyclic) bond motifs is 2. The lowest BCUT2D eigenvalue weighted by atomic mass is 10.00. The zero-order valence-electron chi connectivity index (χ0n) is 19.8. The van der Waals surface area contributed by atoms with E-state index in [2.05, 4.69) is 25.5 Å². The van der Waals surface area contributed by atoms with Crippen LogP contribution in [-0.2, 0) is 17.8 Å². The molecule has 2 aliphatic rings. The number of ether oxygens (including phenoxy) is 2. The number of nitrogens with one attached hydrogen (secondary N) is 2. The first-order valence-corrected chi connectivity index (χ1v) is 11.8. The smallest absolute Gasteiger partial charge is 0.263 e. The number of β-amino-alcohol motifs (C(OH)–C–C–N with tert-alkyl or cyclic N) is 1. The second-order valence-corrected chi connectivity index (χ2v) is 8.97. The Morgan fingerprint density at radius 2 is 2.17 bits per heavy atom. The molecule has 36 heavy (non-hydrogen) atoms. The number of likely N-dealkylation sites (tertiary alicyclic amines) is 1. The van der Waals surface area contributed by atoms with E-state index in [0.29, 0.717) is 67.3 Å². The van der Waals surface area contributed by atoms with Gasteiger partial charge in [0.1, 0.15) is 17.1 Å². The van der Waals surface area contributed by atoms with E-state index in [1.165, 1.54) is 13.2 Å². The third-order valence-corrected chi connectivity index (χ3v) is 6.61. The Bertz CT molecular complexity index is 1290. The third kappa shape index (κ3) is 5.08. The van der Waals surface area contributed by atoms with E-state index in [4.69, 9.17) is 9.47 Å². The van der Waals surface area contributed by atoms with Crippen LogP contribution in [0.15, 0.2) is 30.5 Å². The first-order valence-electron chi connectivity index (χ1n) is 11.8. The van der Waals surface area contributed by atoms with Crippen LogP contribution in [0.2, 0.25) is 0 Å². The molecule has 11 heteroatoms. The second-order valence-electron chi connectivity index (χ2n) is 8.97. The molecule has 2 atom stereocenters. The fourth-order valence-electron chi connectivity index (χ4n) is 4.68. The second kappa shape index (κ2) is 10.3. The molecule has 2 aromatic heterocycles. The molecule has 0 unspecified atom stereocenters. The largest absolute Gasteiger partial charge is 0.497 e. The van der Waals surface area contributed by atoms with Gasteiger partial charge in [-0.3, -0.25) is 9.78 Å². The van der Waals surface area contributed by atoms with E-state index in [1.807, 2.05) is 6.07 Å². The number of hydrogen-bond donors (Lipinski definition) is 3. The number of aliphatic hydroxyl groups is 1. The minimum absolute atomic E-state index is 0.0217. The Labute approximate surface area is 206 Å². The van der Waals surface area contributed by atoms with Gasteiger partial charge in [0.25, 0.3) is 5.91 Å². The van der Waals surface area contributed by atoms with Crippen molar-refractivity contribution in [3.63, 3.8) is 0 Å². The molecule has 0 radical (unpaired) electrons. The SMILES string of the molecule is COc1cc(F)c2ncc(F)c(CCN3CC[C@H](NCc4ccc5c(n4)NC(=O)CO5)[C@H](O)C3)c2c1. The summed E-state index contributed by atoms with van der Waals surface area (Å²) in [7, 11) is 1.43. The van der Waals surface area contributed by atoms with Gasteiger partial charge in [-0.1, -0.05) is 0 Å². The van der Waals surface area contributed by atoms with Crippen molar-refractivity contribution in [2.75, 3.05) is 38.7 Å². The average Bonchev–Trinajstić information content (AvgIpc) is 2.87. The summed E-state index contributed by atoms with van der Waals surface area (Å²) in [6.45, 7) is 2.03. The summed E-state index contributed by atoms with van der Waals surface area (Å²) in [5, 5.41) is 17.1. The topological polar surface area (TPSA) is 109 Å². The number of methoxy groups -OCH3 is 1. The summed E-state index contributed by atoms with van der Waals surface area (Å²) in [5.74, 6) is -0.0608. The van der Waals surface area contributed by atoms with Crippen LogP contribution < -0.4 is 20.1 Å². The number of amides is 1. The first kappa shape index (κ1) is 24.3. The van der Waals surface area contributed by atoms with Crippen LogP contribution in [0.1, 0.15) is 17.7 Å². The quantitative estimate of drug-likeness (QED) is 0.453. The maximum atomic E-state index is 14.6. The summed E-state index contributed by atoms with van der Waals surface area (Å²) in [6.07, 6.45) is 1.45. The highest BCUT2D eigenvalue weighted by molar-refractivity contribution is 5.94. The molecule has 1 saturated heterocycles. The van der Waals surface area contributed by atoms with Gasteiger partial charge in [-0.25, -0.2) is 13.8 Å². The van der Waals surface area contributed by atoms with Gasteiger partial charge < -0.3 is 30.1 Å². The number of hydrogen-bond acceptors (Lipinski definition) is 8. The highest BCUT2D eigenvalue weighted by Gasteiger charge is 2.28. The Morgan fingerprint density at radius 1 is 1.31 bits per heavy atom. The van der Waals surface area contributed by atoms with Crippen molar-refractivity contribution in [3.05, 3.63) is 53.4 Å². The minimum atomic E-state index is -0.629. The number of anilines is 1. The number of rotatable bonds is 7. The van der Waals surface area contributed by atoms with Crippen LogP contribution in [0.4, 0.5) is 14.6 Å². The summed E-state index contributed by atoms with van der Waals surface area (Å²) in [4.78, 5) is 21.9. The molecular weight excluding hydrogens is 472 g/mol. The van der Waals surface area contributed by atoms with Crippen LogP contribution in [0.5, 0.6) is 11.5 Å². The molecule has 190 valence electrons. The van der Waals surface area contributed by atoms with E-state index in [0.717, 1.165) is 11.9 Å². The van der Waals surface area contributed by atoms with Crippen LogP contribution in [-0.4, -0.2) is 71.4 Å². The highest BCUT2D eigenvalue weighted by Crippen LogP contribution is 2.28. The molecule has 0 saturated carbocycles. The molecule has 3 N–H and O–H groups in total. The van der Waals surface area contributed by atoms with Crippen LogP contribution in [0, 0.1) is 11.6 Å². The number of carbonyl (C=O) groups is 1.